The van der Waals surface area contributed by atoms with E-state index in [1.165, 1.54) is 12.3 Å². The lowest BCUT2D eigenvalue weighted by Crippen LogP contribution is -1.99. The summed E-state index contributed by atoms with van der Waals surface area (Å²) in [4.78, 5) is 0. The zero-order chi connectivity index (χ0) is 7.64. The molecular weight excluding hydrogens is 132 g/mol. The molecule has 0 nitrogen and oxygen atoms in total. The van der Waals surface area contributed by atoms with Gasteiger partial charge in [-0.3, -0.25) is 0 Å². The van der Waals surface area contributed by atoms with Gasteiger partial charge in [0.05, 0.1) is 0 Å². The molecule has 0 bridgehead atoms. The molecule has 3 rings (SSSR count). The van der Waals surface area contributed by atoms with Crippen LogP contribution in [-0.4, -0.2) is 0 Å². The highest BCUT2D eigenvalue weighted by atomic mass is 14.9. The minimum atomic E-state index is 0.881. The third-order valence-corrected chi connectivity index (χ3v) is 4.40. The van der Waals surface area contributed by atoms with Crippen molar-refractivity contribution in [3.63, 3.8) is 0 Å². The normalized spacial score (nSPS) is 64.5. The molecule has 1 spiro atoms. The largest absolute Gasteiger partial charge is 0.0914 e. The second kappa shape index (κ2) is 1.57. The summed E-state index contributed by atoms with van der Waals surface area (Å²) in [5.74, 6) is 4.34. The Morgan fingerprint density at radius 2 is 2.27 bits per heavy atom. The van der Waals surface area contributed by atoms with Gasteiger partial charge >= 0.3 is 0 Å². The molecule has 0 aromatic carbocycles. The zero-order valence-electron chi connectivity index (χ0n) is 7.38. The molecule has 3 aliphatic rings. The first kappa shape index (κ1) is 6.28. The maximum Gasteiger partial charge on any atom is -0.0166 e. The van der Waals surface area contributed by atoms with Crippen LogP contribution in [0.5, 0.6) is 0 Å². The van der Waals surface area contributed by atoms with Gasteiger partial charge in [-0.25, -0.2) is 0 Å². The summed E-state index contributed by atoms with van der Waals surface area (Å²) >= 11 is 0. The number of rotatable bonds is 1. The van der Waals surface area contributed by atoms with Crippen LogP contribution in [0.4, 0.5) is 0 Å². The number of hydrogen-bond acceptors (Lipinski definition) is 0. The smallest absolute Gasteiger partial charge is 0.0166 e. The quantitative estimate of drug-likeness (QED) is 0.502. The average molecular weight is 148 g/mol. The first-order chi connectivity index (χ1) is 5.30. The van der Waals surface area contributed by atoms with Crippen LogP contribution in [0, 0.1) is 29.1 Å². The summed E-state index contributed by atoms with van der Waals surface area (Å²) in [7, 11) is 0. The molecule has 0 radical (unpaired) electrons. The van der Waals surface area contributed by atoms with Crippen LogP contribution in [0.2, 0.25) is 0 Å². The molecule has 0 aliphatic heterocycles. The van der Waals surface area contributed by atoms with E-state index in [-0.39, 0.29) is 0 Å². The van der Waals surface area contributed by atoms with E-state index >= 15 is 0 Å². The molecule has 60 valence electrons. The molecule has 3 saturated carbocycles. The Bertz CT molecular complexity index is 228. The SMILES string of the molecule is CC=CC1CC(C)C2C3CC132. The first-order valence-electron chi connectivity index (χ1n) is 4.93. The molecule has 5 atom stereocenters. The van der Waals surface area contributed by atoms with E-state index < -0.39 is 0 Å². The lowest BCUT2D eigenvalue weighted by Gasteiger charge is -2.07. The number of hydrogen-bond donors (Lipinski definition) is 0. The Morgan fingerprint density at radius 3 is 2.73 bits per heavy atom. The van der Waals surface area contributed by atoms with E-state index in [9.17, 15) is 0 Å². The molecule has 11 heavy (non-hydrogen) atoms. The number of allylic oxidation sites excluding steroid dienone is 2. The molecule has 0 heteroatoms. The van der Waals surface area contributed by atoms with Gasteiger partial charge in [-0.15, -0.1) is 0 Å². The molecule has 0 aromatic heterocycles. The second-order valence-electron chi connectivity index (χ2n) is 4.79. The third kappa shape index (κ3) is 0.513. The Labute approximate surface area is 68.7 Å². The molecule has 5 unspecified atom stereocenters. The Hall–Kier alpha value is -0.260. The fraction of sp³-hybridized carbons (Fsp3) is 0.818. The van der Waals surface area contributed by atoms with Gasteiger partial charge in [0.25, 0.3) is 0 Å². The van der Waals surface area contributed by atoms with E-state index in [1.54, 1.807) is 6.42 Å². The Kier molecular flexibility index (Phi) is 0.898. The predicted octanol–water partition coefficient (Wildman–Crippen LogP) is 2.85. The highest BCUT2D eigenvalue weighted by molar-refractivity contribution is 5.34. The molecule has 0 aromatic rings. The van der Waals surface area contributed by atoms with Crippen molar-refractivity contribution in [1.82, 2.24) is 0 Å². The van der Waals surface area contributed by atoms with Gasteiger partial charge in [-0.05, 0) is 48.9 Å². The molecule has 0 amide bonds. The molecule has 3 aliphatic carbocycles. The summed E-state index contributed by atoms with van der Waals surface area (Å²) in [5.41, 5.74) is 0.881. The van der Waals surface area contributed by atoms with E-state index in [1.807, 2.05) is 0 Å². The van der Waals surface area contributed by atoms with Crippen LogP contribution >= 0.6 is 0 Å². The second-order valence-corrected chi connectivity index (χ2v) is 4.79. The summed E-state index contributed by atoms with van der Waals surface area (Å²) in [6, 6.07) is 0. The van der Waals surface area contributed by atoms with Crippen molar-refractivity contribution in [3.8, 4) is 0 Å². The van der Waals surface area contributed by atoms with Crippen molar-refractivity contribution in [1.29, 1.82) is 0 Å². The fourth-order valence-corrected chi connectivity index (χ4v) is 3.85. The van der Waals surface area contributed by atoms with Gasteiger partial charge in [-0.1, -0.05) is 19.1 Å². The van der Waals surface area contributed by atoms with Gasteiger partial charge in [0.2, 0.25) is 0 Å². The van der Waals surface area contributed by atoms with Crippen LogP contribution in [0.15, 0.2) is 12.2 Å². The lowest BCUT2D eigenvalue weighted by molar-refractivity contribution is 0.449. The van der Waals surface area contributed by atoms with E-state index in [2.05, 4.69) is 26.0 Å². The summed E-state index contributed by atoms with van der Waals surface area (Å²) in [6.45, 7) is 4.61. The minimum Gasteiger partial charge on any atom is -0.0914 e. The van der Waals surface area contributed by atoms with Crippen LogP contribution in [0.25, 0.3) is 0 Å². The Morgan fingerprint density at radius 1 is 1.45 bits per heavy atom. The van der Waals surface area contributed by atoms with Crippen LogP contribution in [0.1, 0.15) is 26.7 Å². The van der Waals surface area contributed by atoms with Crippen molar-refractivity contribution in [3.05, 3.63) is 12.2 Å². The maximum absolute atomic E-state index is 2.46. The van der Waals surface area contributed by atoms with Crippen LogP contribution in [-0.2, 0) is 0 Å². The minimum absolute atomic E-state index is 0.881. The van der Waals surface area contributed by atoms with Gasteiger partial charge in [-0.2, -0.15) is 0 Å². The summed E-state index contributed by atoms with van der Waals surface area (Å²) in [6.07, 6.45) is 7.76. The van der Waals surface area contributed by atoms with Crippen molar-refractivity contribution < 1.29 is 0 Å². The van der Waals surface area contributed by atoms with Gasteiger partial charge in [0.15, 0.2) is 0 Å². The summed E-state index contributed by atoms with van der Waals surface area (Å²) < 4.78 is 0. The van der Waals surface area contributed by atoms with Gasteiger partial charge in [0.1, 0.15) is 0 Å². The molecule has 0 saturated heterocycles. The monoisotopic (exact) mass is 148 g/mol. The predicted molar refractivity (Wildman–Crippen MR) is 46.1 cm³/mol. The van der Waals surface area contributed by atoms with E-state index in [0.717, 1.165) is 23.2 Å². The first-order valence-corrected chi connectivity index (χ1v) is 4.93. The molecular formula is C11H16. The van der Waals surface area contributed by atoms with Gasteiger partial charge in [0, 0.05) is 0 Å². The summed E-state index contributed by atoms with van der Waals surface area (Å²) in [5, 5.41) is 0. The fourth-order valence-electron chi connectivity index (χ4n) is 3.85. The van der Waals surface area contributed by atoms with Crippen molar-refractivity contribution in [2.45, 2.75) is 26.7 Å². The number of fused-ring (bicyclic) bond motifs is 1. The highest BCUT2D eigenvalue weighted by Crippen LogP contribution is 2.89. The van der Waals surface area contributed by atoms with Crippen molar-refractivity contribution in [2.24, 2.45) is 29.1 Å². The molecule has 0 heterocycles. The molecule has 0 N–H and O–H groups in total. The highest BCUT2D eigenvalue weighted by Gasteiger charge is 2.84. The van der Waals surface area contributed by atoms with Crippen LogP contribution in [0.3, 0.4) is 0 Å². The standard InChI is InChI=1S/C11H16/c1-3-4-8-5-7(2)10-9-6-11(8,9)10/h3-4,7-10H,5-6H2,1-2H3. The van der Waals surface area contributed by atoms with Crippen molar-refractivity contribution in [2.75, 3.05) is 0 Å². The lowest BCUT2D eigenvalue weighted by atomic mass is 9.98. The average Bonchev–Trinajstić information content (AvgIpc) is 2.68. The van der Waals surface area contributed by atoms with Gasteiger partial charge < -0.3 is 0 Å². The molecule has 3 fully saturated rings. The third-order valence-electron chi connectivity index (χ3n) is 4.40. The maximum atomic E-state index is 2.46. The van der Waals surface area contributed by atoms with Crippen LogP contribution < -0.4 is 0 Å². The van der Waals surface area contributed by atoms with E-state index in [0.29, 0.717) is 0 Å². The zero-order valence-corrected chi connectivity index (χ0v) is 7.38. The Balaban J connectivity index is 1.87. The topological polar surface area (TPSA) is 0 Å². The van der Waals surface area contributed by atoms with Crippen molar-refractivity contribution >= 4 is 0 Å². The van der Waals surface area contributed by atoms with E-state index in [4.69, 9.17) is 0 Å².